The fourth-order valence-electron chi connectivity index (χ4n) is 10.8. The summed E-state index contributed by atoms with van der Waals surface area (Å²) in [5.41, 5.74) is 2.45. The van der Waals surface area contributed by atoms with Crippen LogP contribution in [0.25, 0.3) is 0 Å². The van der Waals surface area contributed by atoms with E-state index < -0.39 is 96.1 Å². The number of amides is 4. The molecule has 5 rings (SSSR count). The maximum absolute atomic E-state index is 15.0. The molecule has 17 heteroatoms. The van der Waals surface area contributed by atoms with Crippen LogP contribution in [-0.2, 0) is 76.7 Å². The Kier molecular flexibility index (Phi) is 22.1. The molecule has 4 amide bonds. The van der Waals surface area contributed by atoms with Gasteiger partial charge < -0.3 is 38.5 Å². The average Bonchev–Trinajstić information content (AvgIpc) is 4.00. The predicted octanol–water partition coefficient (Wildman–Crippen LogP) is 6.65. The molecule has 0 N–H and O–H groups in total. The highest BCUT2D eigenvalue weighted by molar-refractivity contribution is 5.94. The Labute approximate surface area is 451 Å². The highest BCUT2D eigenvalue weighted by Gasteiger charge is 2.43. The number of cyclic esters (lactones) is 4. The maximum Gasteiger partial charge on any atom is 0.329 e. The van der Waals surface area contributed by atoms with Gasteiger partial charge in [0.05, 0.1) is 0 Å². The topological polar surface area (TPSA) is 190 Å². The average molecular weight is 1060 g/mol. The molecule has 2 aromatic carbocycles. The van der Waals surface area contributed by atoms with Gasteiger partial charge in [-0.1, -0.05) is 110 Å². The minimum Gasteiger partial charge on any atom is -0.451 e. The molecule has 2 aliphatic heterocycles. The third-order valence-electron chi connectivity index (χ3n) is 15.1. The molecule has 17 nitrogen and oxygen atoms in total. The first-order valence-corrected chi connectivity index (χ1v) is 27.5. The second-order valence-corrected chi connectivity index (χ2v) is 23.4. The first kappa shape index (κ1) is 61.0. The molecule has 10 atom stereocenters. The minimum absolute atomic E-state index is 0.0736. The van der Waals surface area contributed by atoms with Crippen LogP contribution in [-0.4, -0.2) is 161 Å². The molecule has 3 fully saturated rings. The molecule has 2 aromatic rings. The van der Waals surface area contributed by atoms with Gasteiger partial charge in [-0.2, -0.15) is 0 Å². The molecule has 3 aliphatic rings. The number of fused-ring (bicyclic) bond motifs is 2. The molecule has 2 heterocycles. The van der Waals surface area contributed by atoms with E-state index in [9.17, 15) is 38.4 Å². The van der Waals surface area contributed by atoms with Crippen molar-refractivity contribution in [1.29, 1.82) is 0 Å². The summed E-state index contributed by atoms with van der Waals surface area (Å²) < 4.78 is 24.1. The zero-order chi connectivity index (χ0) is 56.3. The third kappa shape index (κ3) is 16.3. The molecule has 0 aromatic heterocycles. The van der Waals surface area contributed by atoms with Gasteiger partial charge in [-0.15, -0.1) is 0 Å². The molecule has 0 spiro atoms. The lowest BCUT2D eigenvalue weighted by molar-refractivity contribution is -0.176. The van der Waals surface area contributed by atoms with Gasteiger partial charge in [-0.25, -0.2) is 19.2 Å². The van der Waals surface area contributed by atoms with Crippen LogP contribution in [0.1, 0.15) is 131 Å². The number of carbonyl (C=O) groups excluding carboxylic acids is 8. The lowest BCUT2D eigenvalue weighted by Crippen LogP contribution is -2.55. The quantitative estimate of drug-likeness (QED) is 0.145. The van der Waals surface area contributed by atoms with Gasteiger partial charge in [0.2, 0.25) is 0 Å². The zero-order valence-corrected chi connectivity index (χ0v) is 47.7. The van der Waals surface area contributed by atoms with E-state index >= 15 is 0 Å². The van der Waals surface area contributed by atoms with Crippen LogP contribution in [0.2, 0.25) is 0 Å². The van der Waals surface area contributed by atoms with Crippen molar-refractivity contribution in [3.8, 4) is 0 Å². The van der Waals surface area contributed by atoms with E-state index in [1.165, 1.54) is 71.1 Å². The highest BCUT2D eigenvalue weighted by Crippen LogP contribution is 2.38. The van der Waals surface area contributed by atoms with Crippen LogP contribution in [0.3, 0.4) is 0 Å². The molecule has 2 saturated heterocycles. The number of nitrogens with zero attached hydrogens (tertiary/aromatic N) is 5. The Morgan fingerprint density at radius 1 is 0.447 bits per heavy atom. The monoisotopic (exact) mass is 1060 g/mol. The van der Waals surface area contributed by atoms with Gasteiger partial charge in [0.15, 0.2) is 24.4 Å². The first-order chi connectivity index (χ1) is 35.7. The molecular formula is C59H87N5O12. The van der Waals surface area contributed by atoms with Gasteiger partial charge in [0, 0.05) is 60.2 Å². The van der Waals surface area contributed by atoms with Crippen molar-refractivity contribution in [3.05, 3.63) is 71.3 Å². The largest absolute Gasteiger partial charge is 0.451 e. The predicted molar refractivity (Wildman–Crippen MR) is 287 cm³/mol. The van der Waals surface area contributed by atoms with Crippen molar-refractivity contribution < 1.29 is 57.3 Å². The fraction of sp³-hybridized carbons (Fsp3) is 0.661. The Morgan fingerprint density at radius 2 is 0.789 bits per heavy atom. The van der Waals surface area contributed by atoms with Crippen LogP contribution in [0.5, 0.6) is 0 Å². The van der Waals surface area contributed by atoms with E-state index in [-0.39, 0.29) is 62.2 Å². The third-order valence-corrected chi connectivity index (χ3v) is 15.1. The second-order valence-electron chi connectivity index (χ2n) is 23.4. The summed E-state index contributed by atoms with van der Waals surface area (Å²) in [6.45, 7) is 19.6. The van der Waals surface area contributed by atoms with Crippen LogP contribution in [0, 0.1) is 29.6 Å². The summed E-state index contributed by atoms with van der Waals surface area (Å²) >= 11 is 0. The molecular weight excluding hydrogens is 971 g/mol. The van der Waals surface area contributed by atoms with Crippen LogP contribution < -0.4 is 0 Å². The number of hydrogen-bond donors (Lipinski definition) is 0. The molecule has 2 bridgehead atoms. The number of likely N-dealkylation sites (N-methyl/N-ethyl adjacent to an activating group) is 4. The SMILES string of the molecule is CC(C)C[C@H]1C(=O)O[C@H](Cc2ccc(CN3CC4CCC3C4)cc2)C(=O)N(C)[C@@H](CC(C)C)C(=O)O[C@H](C)C(=O)N(C)[C@@H](CC(C)C)C(=O)O[C@H](Cc2ccccc2)C(=O)N(C)[C@@H](CC(C)C)C(=O)O[C@H](C)C(=O)N1C. The van der Waals surface area contributed by atoms with Crippen molar-refractivity contribution in [2.45, 2.75) is 188 Å². The molecule has 1 aliphatic carbocycles. The highest BCUT2D eigenvalue weighted by atomic mass is 16.6. The van der Waals surface area contributed by atoms with E-state index in [0.29, 0.717) is 17.2 Å². The number of ether oxygens (including phenoxy) is 4. The van der Waals surface area contributed by atoms with E-state index in [0.717, 1.165) is 34.4 Å². The Balaban J connectivity index is 1.57. The lowest BCUT2D eigenvalue weighted by Gasteiger charge is -2.35. The molecule has 2 unspecified atom stereocenters. The smallest absolute Gasteiger partial charge is 0.329 e. The number of esters is 4. The molecule has 0 radical (unpaired) electrons. The van der Waals surface area contributed by atoms with Gasteiger partial charge >= 0.3 is 23.9 Å². The number of hydrogen-bond acceptors (Lipinski definition) is 13. The summed E-state index contributed by atoms with van der Waals surface area (Å²) in [5, 5.41) is 0. The number of carbonyl (C=O) groups is 8. The van der Waals surface area contributed by atoms with Crippen molar-refractivity contribution in [2.75, 3.05) is 34.7 Å². The van der Waals surface area contributed by atoms with E-state index in [4.69, 9.17) is 18.9 Å². The molecule has 76 heavy (non-hydrogen) atoms. The lowest BCUT2D eigenvalue weighted by atomic mass is 9.99. The summed E-state index contributed by atoms with van der Waals surface area (Å²) in [4.78, 5) is 124. The summed E-state index contributed by atoms with van der Waals surface area (Å²) in [6, 6.07) is 12.3. The minimum atomic E-state index is -1.48. The molecule has 1 saturated carbocycles. The van der Waals surface area contributed by atoms with Crippen LogP contribution >= 0.6 is 0 Å². The van der Waals surface area contributed by atoms with Crippen molar-refractivity contribution >= 4 is 47.5 Å². The normalized spacial score (nSPS) is 27.7. The van der Waals surface area contributed by atoms with E-state index in [1.807, 2.05) is 79.7 Å². The van der Waals surface area contributed by atoms with Crippen LogP contribution in [0.4, 0.5) is 0 Å². The Morgan fingerprint density at radius 3 is 1.13 bits per heavy atom. The number of rotatable bonds is 14. The zero-order valence-electron chi connectivity index (χ0n) is 47.7. The maximum atomic E-state index is 15.0. The van der Waals surface area contributed by atoms with E-state index in [2.05, 4.69) is 4.90 Å². The standard InChI is InChI=1S/C59H87N5O12/c1-35(2)26-46-56(69)73-40(10)53(66)61(12)49(29-38(7)8)59(72)76-51(32-42-20-22-43(23-21-42)33-64-34-44-24-25-45(64)30-44)55(68)63(14)47(27-36(3)4)57(70)74-39(9)52(65)60(11)48(28-37(5)6)58(71)75-50(54(67)62(46)13)31-41-18-16-15-17-19-41/h15-23,35-40,44-51H,24-34H2,1-14H3/t39-,40-,44?,45?,46+,47+,48+,49+,50-,51-/m1/s1. The van der Waals surface area contributed by atoms with Gasteiger partial charge in [0.25, 0.3) is 23.6 Å². The van der Waals surface area contributed by atoms with Gasteiger partial charge in [-0.05, 0) is 105 Å². The Bertz CT molecular complexity index is 2310. The number of likely N-dealkylation sites (tertiary alicyclic amines) is 1. The van der Waals surface area contributed by atoms with Crippen molar-refractivity contribution in [1.82, 2.24) is 24.5 Å². The number of piperidine rings is 1. The summed E-state index contributed by atoms with van der Waals surface area (Å²) in [5.74, 6) is -6.34. The second kappa shape index (κ2) is 27.5. The van der Waals surface area contributed by atoms with Crippen LogP contribution in [0.15, 0.2) is 54.6 Å². The van der Waals surface area contributed by atoms with Crippen molar-refractivity contribution in [3.63, 3.8) is 0 Å². The Hall–Kier alpha value is -5.84. The number of benzene rings is 2. The summed E-state index contributed by atoms with van der Waals surface area (Å²) in [7, 11) is 5.64. The summed E-state index contributed by atoms with van der Waals surface area (Å²) in [6.07, 6.45) is -1.86. The first-order valence-electron chi connectivity index (χ1n) is 27.5. The van der Waals surface area contributed by atoms with Crippen molar-refractivity contribution in [2.24, 2.45) is 29.6 Å². The van der Waals surface area contributed by atoms with E-state index in [1.54, 1.807) is 30.3 Å². The van der Waals surface area contributed by atoms with Gasteiger partial charge in [0.1, 0.15) is 24.2 Å². The fourth-order valence-corrected chi connectivity index (χ4v) is 10.8. The van der Waals surface area contributed by atoms with Gasteiger partial charge in [-0.3, -0.25) is 24.1 Å². The molecule has 420 valence electrons.